The summed E-state index contributed by atoms with van der Waals surface area (Å²) in [4.78, 5) is 9.04. The molecule has 78 valence electrons. The third-order valence-corrected chi connectivity index (χ3v) is 2.46. The zero-order valence-electron chi connectivity index (χ0n) is 9.70. The first kappa shape index (κ1) is 10.1. The summed E-state index contributed by atoms with van der Waals surface area (Å²) in [7, 11) is 0. The largest absolute Gasteiger partial charge is 0.258 e. The van der Waals surface area contributed by atoms with E-state index < -0.39 is 0 Å². The minimum Gasteiger partial charge on any atom is -0.258 e. The van der Waals surface area contributed by atoms with E-state index in [0.717, 1.165) is 16.9 Å². The minimum atomic E-state index is 0.0420. The highest BCUT2D eigenvalue weighted by atomic mass is 14.8. The second kappa shape index (κ2) is 3.30. The van der Waals surface area contributed by atoms with Crippen molar-refractivity contribution in [3.05, 3.63) is 35.8 Å². The van der Waals surface area contributed by atoms with Crippen molar-refractivity contribution in [3.63, 3.8) is 0 Å². The molecule has 0 radical (unpaired) electrons. The zero-order chi connectivity index (χ0) is 11.1. The molecule has 0 amide bonds. The van der Waals surface area contributed by atoms with E-state index in [1.165, 1.54) is 5.39 Å². The Hall–Kier alpha value is -1.44. The molecule has 15 heavy (non-hydrogen) atoms. The van der Waals surface area contributed by atoms with Gasteiger partial charge in [-0.3, -0.25) is 9.97 Å². The molecule has 2 nitrogen and oxygen atoms in total. The van der Waals surface area contributed by atoms with Gasteiger partial charge >= 0.3 is 0 Å². The van der Waals surface area contributed by atoms with Crippen LogP contribution in [-0.2, 0) is 5.41 Å². The first-order chi connectivity index (χ1) is 6.98. The molecular formula is C13H16N2. The molecule has 0 fully saturated rings. The predicted molar refractivity (Wildman–Crippen MR) is 63.0 cm³/mol. The van der Waals surface area contributed by atoms with E-state index >= 15 is 0 Å². The highest BCUT2D eigenvalue weighted by molar-refractivity contribution is 5.81. The Kier molecular flexibility index (Phi) is 2.22. The summed E-state index contributed by atoms with van der Waals surface area (Å²) in [6, 6.07) is 6.15. The van der Waals surface area contributed by atoms with Gasteiger partial charge in [-0.15, -0.1) is 0 Å². The molecule has 2 heteroatoms. The van der Waals surface area contributed by atoms with Crippen LogP contribution in [0.15, 0.2) is 24.4 Å². The van der Waals surface area contributed by atoms with E-state index in [1.54, 1.807) is 0 Å². The maximum Gasteiger partial charge on any atom is 0.0925 e. The number of fused-ring (bicyclic) bond motifs is 1. The van der Waals surface area contributed by atoms with Crippen LogP contribution in [0.4, 0.5) is 0 Å². The first-order valence-electron chi connectivity index (χ1n) is 5.21. The summed E-state index contributed by atoms with van der Waals surface area (Å²) < 4.78 is 0. The lowest BCUT2D eigenvalue weighted by molar-refractivity contribution is 0.574. The van der Waals surface area contributed by atoms with Gasteiger partial charge in [-0.2, -0.15) is 0 Å². The van der Waals surface area contributed by atoms with Gasteiger partial charge in [-0.05, 0) is 19.1 Å². The second-order valence-electron chi connectivity index (χ2n) is 4.93. The molecule has 2 aromatic heterocycles. The Morgan fingerprint density at radius 1 is 1.07 bits per heavy atom. The van der Waals surface area contributed by atoms with Gasteiger partial charge in [-0.25, -0.2) is 0 Å². The van der Waals surface area contributed by atoms with Crippen molar-refractivity contribution in [2.75, 3.05) is 0 Å². The predicted octanol–water partition coefficient (Wildman–Crippen LogP) is 3.24. The van der Waals surface area contributed by atoms with Crippen LogP contribution in [0.5, 0.6) is 0 Å². The molecule has 0 bridgehead atoms. The van der Waals surface area contributed by atoms with Crippen LogP contribution in [-0.4, -0.2) is 9.97 Å². The zero-order valence-corrected chi connectivity index (χ0v) is 9.70. The number of pyridine rings is 2. The third kappa shape index (κ3) is 1.84. The lowest BCUT2D eigenvalue weighted by atomic mass is 9.90. The minimum absolute atomic E-state index is 0.0420. The van der Waals surface area contributed by atoms with Gasteiger partial charge in [0.05, 0.1) is 11.2 Å². The first-order valence-corrected chi connectivity index (χ1v) is 5.21. The van der Waals surface area contributed by atoms with Gasteiger partial charge in [0, 0.05) is 22.7 Å². The molecule has 0 saturated carbocycles. The summed E-state index contributed by atoms with van der Waals surface area (Å²) in [5.74, 6) is 0. The van der Waals surface area contributed by atoms with E-state index in [1.807, 2.05) is 25.3 Å². The molecule has 2 rings (SSSR count). The average Bonchev–Trinajstić information content (AvgIpc) is 2.15. The molecule has 0 unspecified atom stereocenters. The fraction of sp³-hybridized carbons (Fsp3) is 0.385. The smallest absolute Gasteiger partial charge is 0.0925 e. The monoisotopic (exact) mass is 200 g/mol. The van der Waals surface area contributed by atoms with Crippen molar-refractivity contribution in [3.8, 4) is 0 Å². The van der Waals surface area contributed by atoms with E-state index in [2.05, 4.69) is 36.8 Å². The summed E-state index contributed by atoms with van der Waals surface area (Å²) in [5, 5.41) is 1.17. The Balaban J connectivity index is 2.80. The van der Waals surface area contributed by atoms with E-state index in [0.29, 0.717) is 0 Å². The Labute approximate surface area is 90.4 Å². The van der Waals surface area contributed by atoms with Gasteiger partial charge in [0.2, 0.25) is 0 Å². The van der Waals surface area contributed by atoms with Crippen LogP contribution in [0.2, 0.25) is 0 Å². The van der Waals surface area contributed by atoms with Crippen LogP contribution < -0.4 is 0 Å². The maximum absolute atomic E-state index is 4.58. The lowest BCUT2D eigenvalue weighted by Crippen LogP contribution is -2.14. The van der Waals surface area contributed by atoms with Crippen molar-refractivity contribution in [1.82, 2.24) is 9.97 Å². The number of hydrogen-bond acceptors (Lipinski definition) is 2. The molecule has 0 atom stereocenters. The van der Waals surface area contributed by atoms with Crippen molar-refractivity contribution >= 4 is 10.9 Å². The molecule has 0 spiro atoms. The Bertz CT molecular complexity index is 495. The van der Waals surface area contributed by atoms with Crippen LogP contribution in [0, 0.1) is 6.92 Å². The molecule has 0 aliphatic carbocycles. The molecule has 0 saturated heterocycles. The van der Waals surface area contributed by atoms with Gasteiger partial charge in [0.25, 0.3) is 0 Å². The number of nitrogens with zero attached hydrogens (tertiary/aromatic N) is 2. The summed E-state index contributed by atoms with van der Waals surface area (Å²) in [6.07, 6.45) is 1.86. The second-order valence-corrected chi connectivity index (χ2v) is 4.93. The number of aromatic nitrogens is 2. The lowest BCUT2D eigenvalue weighted by Gasteiger charge is -2.19. The van der Waals surface area contributed by atoms with Crippen molar-refractivity contribution in [2.24, 2.45) is 0 Å². The summed E-state index contributed by atoms with van der Waals surface area (Å²) in [5.41, 5.74) is 3.19. The number of rotatable bonds is 0. The van der Waals surface area contributed by atoms with E-state index in [9.17, 15) is 0 Å². The fourth-order valence-corrected chi connectivity index (χ4v) is 1.69. The van der Waals surface area contributed by atoms with Crippen molar-refractivity contribution < 1.29 is 0 Å². The molecular weight excluding hydrogens is 184 g/mol. The molecule has 0 aromatic carbocycles. The molecule has 0 aliphatic heterocycles. The fourth-order valence-electron chi connectivity index (χ4n) is 1.69. The SMILES string of the molecule is Cc1ccc2ccnc(C(C)(C)C)c2n1. The van der Waals surface area contributed by atoms with Crippen molar-refractivity contribution in [2.45, 2.75) is 33.1 Å². The number of hydrogen-bond donors (Lipinski definition) is 0. The van der Waals surface area contributed by atoms with Crippen LogP contribution in [0.1, 0.15) is 32.2 Å². The molecule has 0 N–H and O–H groups in total. The van der Waals surface area contributed by atoms with Crippen molar-refractivity contribution in [1.29, 1.82) is 0 Å². The van der Waals surface area contributed by atoms with Gasteiger partial charge in [0.15, 0.2) is 0 Å². The quantitative estimate of drug-likeness (QED) is 0.652. The maximum atomic E-state index is 4.58. The van der Waals surface area contributed by atoms with Crippen LogP contribution >= 0.6 is 0 Å². The standard InChI is InChI=1S/C13H16N2/c1-9-5-6-10-7-8-14-12(11(10)15-9)13(2,3)4/h5-8H,1-4H3. The highest BCUT2D eigenvalue weighted by Gasteiger charge is 2.19. The average molecular weight is 200 g/mol. The topological polar surface area (TPSA) is 25.8 Å². The Morgan fingerprint density at radius 2 is 1.80 bits per heavy atom. The highest BCUT2D eigenvalue weighted by Crippen LogP contribution is 2.26. The third-order valence-electron chi connectivity index (χ3n) is 2.46. The number of aryl methyl sites for hydroxylation is 1. The molecule has 2 heterocycles. The van der Waals surface area contributed by atoms with Gasteiger partial charge in [0.1, 0.15) is 0 Å². The van der Waals surface area contributed by atoms with Crippen LogP contribution in [0.25, 0.3) is 10.9 Å². The summed E-state index contributed by atoms with van der Waals surface area (Å²) >= 11 is 0. The summed E-state index contributed by atoms with van der Waals surface area (Å²) in [6.45, 7) is 8.51. The van der Waals surface area contributed by atoms with E-state index in [4.69, 9.17) is 0 Å². The molecule has 2 aromatic rings. The normalized spacial score (nSPS) is 12.0. The van der Waals surface area contributed by atoms with Gasteiger partial charge < -0.3 is 0 Å². The molecule has 0 aliphatic rings. The van der Waals surface area contributed by atoms with E-state index in [-0.39, 0.29) is 5.41 Å². The van der Waals surface area contributed by atoms with Gasteiger partial charge in [-0.1, -0.05) is 26.8 Å². The Morgan fingerprint density at radius 3 is 2.47 bits per heavy atom. The van der Waals surface area contributed by atoms with Crippen LogP contribution in [0.3, 0.4) is 0 Å².